The van der Waals surface area contributed by atoms with Gasteiger partial charge in [0.1, 0.15) is 11.5 Å². The Morgan fingerprint density at radius 2 is 1.89 bits per heavy atom. The van der Waals surface area contributed by atoms with Crippen LogP contribution in [-0.4, -0.2) is 49.4 Å². The molecule has 2 aromatic rings. The van der Waals surface area contributed by atoms with Gasteiger partial charge in [0.25, 0.3) is 0 Å². The first-order valence-electron chi connectivity index (χ1n) is 9.46. The topological polar surface area (TPSA) is 54.7 Å². The zero-order valence-corrected chi connectivity index (χ0v) is 16.9. The number of hydrogen-bond donors (Lipinski definition) is 1. The number of hydrogen-bond acceptors (Lipinski definition) is 5. The summed E-state index contributed by atoms with van der Waals surface area (Å²) in [6.45, 7) is 7.72. The molecule has 5 nitrogen and oxygen atoms in total. The molecule has 1 N–H and O–H groups in total. The van der Waals surface area contributed by atoms with Crippen LogP contribution in [0.5, 0.6) is 0 Å². The molecule has 1 fully saturated rings. The molecule has 27 heavy (non-hydrogen) atoms. The van der Waals surface area contributed by atoms with Crippen LogP contribution in [0.25, 0.3) is 0 Å². The van der Waals surface area contributed by atoms with E-state index in [1.54, 1.807) is 11.8 Å². The molecule has 0 bridgehead atoms. The highest BCUT2D eigenvalue weighted by molar-refractivity contribution is 7.99. The van der Waals surface area contributed by atoms with E-state index in [1.165, 1.54) is 10.5 Å². The number of morpholine rings is 1. The zero-order chi connectivity index (χ0) is 19.1. The fourth-order valence-electron chi connectivity index (χ4n) is 3.13. The predicted octanol–water partition coefficient (Wildman–Crippen LogP) is 3.57. The van der Waals surface area contributed by atoms with Gasteiger partial charge >= 0.3 is 0 Å². The van der Waals surface area contributed by atoms with Crippen molar-refractivity contribution in [3.63, 3.8) is 0 Å². The molecular formula is C21H28N2O3S. The second-order valence-corrected chi connectivity index (χ2v) is 8.00. The van der Waals surface area contributed by atoms with Gasteiger partial charge in [0.15, 0.2) is 0 Å². The van der Waals surface area contributed by atoms with Crippen LogP contribution in [0, 0.1) is 13.8 Å². The van der Waals surface area contributed by atoms with Crippen molar-refractivity contribution in [1.82, 2.24) is 10.2 Å². The van der Waals surface area contributed by atoms with Gasteiger partial charge in [0.05, 0.1) is 19.3 Å². The third-order valence-corrected chi connectivity index (χ3v) is 5.70. The molecular weight excluding hydrogens is 360 g/mol. The standard InChI is InChI=1S/C21H28N2O3S/c1-16-3-6-18(7-4-16)27-14-9-21(24)22-15-19(20-8-5-17(2)26-20)23-10-12-25-13-11-23/h3-8,19H,9-15H2,1-2H3,(H,22,24). The number of ether oxygens (including phenoxy) is 1. The normalized spacial score (nSPS) is 16.2. The predicted molar refractivity (Wildman–Crippen MR) is 108 cm³/mol. The Kier molecular flexibility index (Phi) is 7.38. The number of nitrogens with zero attached hydrogens (tertiary/aromatic N) is 1. The molecule has 1 saturated heterocycles. The first kappa shape index (κ1) is 20.0. The molecule has 0 aliphatic carbocycles. The summed E-state index contributed by atoms with van der Waals surface area (Å²) in [6, 6.07) is 12.4. The highest BCUT2D eigenvalue weighted by atomic mass is 32.2. The van der Waals surface area contributed by atoms with E-state index in [4.69, 9.17) is 9.15 Å². The molecule has 1 aliphatic rings. The van der Waals surface area contributed by atoms with Crippen LogP contribution in [-0.2, 0) is 9.53 Å². The average Bonchev–Trinajstić information content (AvgIpc) is 3.10. The number of furan rings is 1. The van der Waals surface area contributed by atoms with Gasteiger partial charge in [-0.1, -0.05) is 17.7 Å². The van der Waals surface area contributed by atoms with Crippen molar-refractivity contribution >= 4 is 17.7 Å². The largest absolute Gasteiger partial charge is 0.465 e. The van der Waals surface area contributed by atoms with E-state index in [9.17, 15) is 4.79 Å². The Morgan fingerprint density at radius 3 is 2.56 bits per heavy atom. The van der Waals surface area contributed by atoms with E-state index < -0.39 is 0 Å². The molecule has 1 atom stereocenters. The Morgan fingerprint density at radius 1 is 1.15 bits per heavy atom. The number of thioether (sulfide) groups is 1. The van der Waals surface area contributed by atoms with Crippen molar-refractivity contribution < 1.29 is 13.9 Å². The quantitative estimate of drug-likeness (QED) is 0.701. The summed E-state index contributed by atoms with van der Waals surface area (Å²) in [5.41, 5.74) is 1.25. The number of carbonyl (C=O) groups excluding carboxylic acids is 1. The molecule has 3 rings (SSSR count). The van der Waals surface area contributed by atoms with Crippen molar-refractivity contribution in [3.05, 3.63) is 53.5 Å². The summed E-state index contributed by atoms with van der Waals surface area (Å²) >= 11 is 1.71. The lowest BCUT2D eigenvalue weighted by atomic mass is 10.1. The van der Waals surface area contributed by atoms with Gasteiger partial charge in [-0.05, 0) is 38.1 Å². The van der Waals surface area contributed by atoms with Crippen LogP contribution >= 0.6 is 11.8 Å². The van der Waals surface area contributed by atoms with E-state index in [0.717, 1.165) is 43.6 Å². The van der Waals surface area contributed by atoms with Crippen LogP contribution in [0.4, 0.5) is 0 Å². The van der Waals surface area contributed by atoms with Crippen molar-refractivity contribution in [2.45, 2.75) is 31.2 Å². The summed E-state index contributed by atoms with van der Waals surface area (Å²) in [7, 11) is 0. The molecule has 0 radical (unpaired) electrons. The number of benzene rings is 1. The lowest BCUT2D eigenvalue weighted by Crippen LogP contribution is -2.43. The summed E-state index contributed by atoms with van der Waals surface area (Å²) in [5.74, 6) is 2.65. The highest BCUT2D eigenvalue weighted by Crippen LogP contribution is 2.23. The molecule has 146 valence electrons. The van der Waals surface area contributed by atoms with Gasteiger partial charge in [-0.15, -0.1) is 11.8 Å². The van der Waals surface area contributed by atoms with E-state index in [0.29, 0.717) is 13.0 Å². The zero-order valence-electron chi connectivity index (χ0n) is 16.1. The Bertz CT molecular complexity index is 723. The summed E-state index contributed by atoms with van der Waals surface area (Å²) in [5, 5.41) is 3.09. The van der Waals surface area contributed by atoms with E-state index in [2.05, 4.69) is 41.4 Å². The van der Waals surface area contributed by atoms with Crippen LogP contribution in [0.3, 0.4) is 0 Å². The lowest BCUT2D eigenvalue weighted by Gasteiger charge is -2.33. The molecule has 2 heterocycles. The average molecular weight is 389 g/mol. The second kappa shape index (κ2) is 9.97. The third-order valence-electron chi connectivity index (χ3n) is 4.69. The maximum Gasteiger partial charge on any atom is 0.220 e. The first-order chi connectivity index (χ1) is 13.1. The lowest BCUT2D eigenvalue weighted by molar-refractivity contribution is -0.121. The molecule has 6 heteroatoms. The number of nitrogens with one attached hydrogen (secondary N) is 1. The molecule has 0 spiro atoms. The summed E-state index contributed by atoms with van der Waals surface area (Å²) < 4.78 is 11.3. The third kappa shape index (κ3) is 6.13. The van der Waals surface area contributed by atoms with Gasteiger partial charge in [-0.2, -0.15) is 0 Å². The summed E-state index contributed by atoms with van der Waals surface area (Å²) in [4.78, 5) is 15.8. The molecule has 0 saturated carbocycles. The monoisotopic (exact) mass is 388 g/mol. The Balaban J connectivity index is 1.48. The van der Waals surface area contributed by atoms with Gasteiger partial charge in [-0.3, -0.25) is 9.69 Å². The highest BCUT2D eigenvalue weighted by Gasteiger charge is 2.25. The van der Waals surface area contributed by atoms with Gasteiger partial charge in [0.2, 0.25) is 5.91 Å². The minimum atomic E-state index is 0.0521. The fourth-order valence-corrected chi connectivity index (χ4v) is 3.98. The second-order valence-electron chi connectivity index (χ2n) is 6.83. The molecule has 1 aromatic carbocycles. The minimum Gasteiger partial charge on any atom is -0.465 e. The molecule has 1 unspecified atom stereocenters. The first-order valence-corrected chi connectivity index (χ1v) is 10.4. The van der Waals surface area contributed by atoms with E-state index in [1.807, 2.05) is 19.1 Å². The molecule has 1 amide bonds. The van der Waals surface area contributed by atoms with E-state index >= 15 is 0 Å². The van der Waals surface area contributed by atoms with Gasteiger partial charge in [-0.25, -0.2) is 0 Å². The van der Waals surface area contributed by atoms with Crippen LogP contribution < -0.4 is 5.32 Å². The number of rotatable bonds is 8. The fraction of sp³-hybridized carbons (Fsp3) is 0.476. The van der Waals surface area contributed by atoms with Crippen molar-refractivity contribution in [1.29, 1.82) is 0 Å². The maximum atomic E-state index is 12.3. The maximum absolute atomic E-state index is 12.3. The van der Waals surface area contributed by atoms with Crippen molar-refractivity contribution in [2.24, 2.45) is 0 Å². The smallest absolute Gasteiger partial charge is 0.220 e. The number of aryl methyl sites for hydroxylation is 2. The number of carbonyl (C=O) groups is 1. The van der Waals surface area contributed by atoms with Crippen LogP contribution in [0.2, 0.25) is 0 Å². The SMILES string of the molecule is Cc1ccc(SCCC(=O)NCC(c2ccc(C)o2)N2CCOCC2)cc1. The summed E-state index contributed by atoms with van der Waals surface area (Å²) in [6.07, 6.45) is 0.506. The van der Waals surface area contributed by atoms with Gasteiger partial charge < -0.3 is 14.5 Å². The van der Waals surface area contributed by atoms with Crippen LogP contribution in [0.1, 0.15) is 29.5 Å². The van der Waals surface area contributed by atoms with Crippen LogP contribution in [0.15, 0.2) is 45.7 Å². The molecule has 1 aliphatic heterocycles. The minimum absolute atomic E-state index is 0.0521. The van der Waals surface area contributed by atoms with E-state index in [-0.39, 0.29) is 11.9 Å². The Hall–Kier alpha value is -1.76. The Labute approximate surface area is 165 Å². The van der Waals surface area contributed by atoms with Gasteiger partial charge in [0, 0.05) is 36.7 Å². The van der Waals surface area contributed by atoms with Crippen molar-refractivity contribution in [3.8, 4) is 0 Å². The van der Waals surface area contributed by atoms with Crippen molar-refractivity contribution in [2.75, 3.05) is 38.6 Å². The number of amides is 1. The molecule has 1 aromatic heterocycles.